The summed E-state index contributed by atoms with van der Waals surface area (Å²) in [7, 11) is 2.19. The minimum absolute atomic E-state index is 0.701. The van der Waals surface area contributed by atoms with Gasteiger partial charge in [-0.15, -0.1) is 5.10 Å². The summed E-state index contributed by atoms with van der Waals surface area (Å²) in [6.07, 6.45) is 4.59. The van der Waals surface area contributed by atoms with Crippen LogP contribution in [0.4, 0.5) is 5.95 Å². The summed E-state index contributed by atoms with van der Waals surface area (Å²) in [4.78, 5) is 6.88. The summed E-state index contributed by atoms with van der Waals surface area (Å²) < 4.78 is 1.84. The van der Waals surface area contributed by atoms with Crippen LogP contribution >= 0.6 is 0 Å². The van der Waals surface area contributed by atoms with Crippen LogP contribution in [0, 0.1) is 12.8 Å². The van der Waals surface area contributed by atoms with E-state index < -0.39 is 0 Å². The van der Waals surface area contributed by atoms with Crippen molar-refractivity contribution in [1.82, 2.24) is 19.5 Å². The molecule has 1 unspecified atom stereocenters. The van der Waals surface area contributed by atoms with Gasteiger partial charge in [0.05, 0.1) is 0 Å². The maximum Gasteiger partial charge on any atom is 0.243 e. The standard InChI is InChI=1S/C14H21N5/c1-11-5-6-13-16-14(17-19(13)9-11)15-8-12-4-3-7-18(2)10-12/h5-6,9,12H,3-4,7-8,10H2,1-2H3,(H,15,17). The smallest absolute Gasteiger partial charge is 0.243 e. The van der Waals surface area contributed by atoms with Gasteiger partial charge < -0.3 is 10.2 Å². The Balaban J connectivity index is 1.65. The monoisotopic (exact) mass is 259 g/mol. The normalized spacial score (nSPS) is 20.8. The van der Waals surface area contributed by atoms with E-state index in [1.165, 1.54) is 31.5 Å². The van der Waals surface area contributed by atoms with Gasteiger partial charge in [-0.2, -0.15) is 4.98 Å². The fourth-order valence-electron chi connectivity index (χ4n) is 2.74. The quantitative estimate of drug-likeness (QED) is 0.913. The molecule has 5 nitrogen and oxygen atoms in total. The van der Waals surface area contributed by atoms with Gasteiger partial charge in [0.1, 0.15) is 0 Å². The summed E-state index contributed by atoms with van der Waals surface area (Å²) in [6.45, 7) is 5.41. The number of likely N-dealkylation sites (tertiary alicyclic amines) is 1. The molecule has 2 aromatic heterocycles. The highest BCUT2D eigenvalue weighted by Crippen LogP contribution is 2.15. The third-order valence-corrected chi connectivity index (χ3v) is 3.75. The number of hydrogen-bond donors (Lipinski definition) is 1. The number of aryl methyl sites for hydroxylation is 1. The molecule has 5 heteroatoms. The van der Waals surface area contributed by atoms with Gasteiger partial charge in [0, 0.05) is 19.3 Å². The van der Waals surface area contributed by atoms with Crippen LogP contribution in [0.1, 0.15) is 18.4 Å². The van der Waals surface area contributed by atoms with Gasteiger partial charge in [-0.25, -0.2) is 4.52 Å². The van der Waals surface area contributed by atoms with E-state index in [-0.39, 0.29) is 0 Å². The molecule has 3 rings (SSSR count). The first-order valence-electron chi connectivity index (χ1n) is 6.96. The third kappa shape index (κ3) is 2.87. The van der Waals surface area contributed by atoms with Crippen LogP contribution in [-0.2, 0) is 0 Å². The lowest BCUT2D eigenvalue weighted by atomic mass is 9.99. The van der Waals surface area contributed by atoms with E-state index in [1.54, 1.807) is 0 Å². The zero-order valence-corrected chi connectivity index (χ0v) is 11.6. The molecule has 0 bridgehead atoms. The van der Waals surface area contributed by atoms with Gasteiger partial charge in [-0.05, 0) is 50.9 Å². The zero-order valence-electron chi connectivity index (χ0n) is 11.6. The lowest BCUT2D eigenvalue weighted by Crippen LogP contribution is -2.35. The molecule has 2 aromatic rings. The molecule has 0 saturated carbocycles. The molecule has 0 aliphatic carbocycles. The molecule has 0 amide bonds. The molecule has 1 fully saturated rings. The average molecular weight is 259 g/mol. The Labute approximate surface area is 113 Å². The van der Waals surface area contributed by atoms with Crippen molar-refractivity contribution >= 4 is 11.6 Å². The molecule has 1 aliphatic rings. The molecule has 0 aromatic carbocycles. The number of fused-ring (bicyclic) bond motifs is 1. The molecular formula is C14H21N5. The number of rotatable bonds is 3. The predicted molar refractivity (Wildman–Crippen MR) is 76.4 cm³/mol. The van der Waals surface area contributed by atoms with Gasteiger partial charge in [0.25, 0.3) is 0 Å². The number of pyridine rings is 1. The zero-order chi connectivity index (χ0) is 13.2. The average Bonchev–Trinajstić information content (AvgIpc) is 2.78. The minimum Gasteiger partial charge on any atom is -0.353 e. The van der Waals surface area contributed by atoms with Gasteiger partial charge in [-0.1, -0.05) is 6.07 Å². The Morgan fingerprint density at radius 2 is 2.32 bits per heavy atom. The highest BCUT2D eigenvalue weighted by atomic mass is 15.3. The van der Waals surface area contributed by atoms with E-state index in [9.17, 15) is 0 Å². The highest BCUT2D eigenvalue weighted by molar-refractivity contribution is 5.44. The first kappa shape index (κ1) is 12.4. The van der Waals surface area contributed by atoms with Crippen LogP contribution in [0.25, 0.3) is 5.65 Å². The van der Waals surface area contributed by atoms with Crippen molar-refractivity contribution < 1.29 is 0 Å². The summed E-state index contributed by atoms with van der Waals surface area (Å²) >= 11 is 0. The van der Waals surface area contributed by atoms with Crippen molar-refractivity contribution in [3.05, 3.63) is 23.9 Å². The molecule has 1 saturated heterocycles. The fraction of sp³-hybridized carbons (Fsp3) is 0.571. The van der Waals surface area contributed by atoms with E-state index in [0.717, 1.165) is 18.1 Å². The van der Waals surface area contributed by atoms with Gasteiger partial charge >= 0.3 is 0 Å². The lowest BCUT2D eigenvalue weighted by Gasteiger charge is -2.29. The number of hydrogen-bond acceptors (Lipinski definition) is 4. The summed E-state index contributed by atoms with van der Waals surface area (Å²) in [5, 5.41) is 7.83. The third-order valence-electron chi connectivity index (χ3n) is 3.75. The van der Waals surface area contributed by atoms with Crippen molar-refractivity contribution in [2.24, 2.45) is 5.92 Å². The van der Waals surface area contributed by atoms with Crippen LogP contribution in [0.15, 0.2) is 18.3 Å². The van der Waals surface area contributed by atoms with E-state index in [4.69, 9.17) is 0 Å². The van der Waals surface area contributed by atoms with Crippen molar-refractivity contribution in [2.45, 2.75) is 19.8 Å². The molecule has 3 heterocycles. The Bertz CT molecular complexity index is 562. The van der Waals surface area contributed by atoms with Crippen molar-refractivity contribution in [3.63, 3.8) is 0 Å². The van der Waals surface area contributed by atoms with Crippen LogP contribution in [0.2, 0.25) is 0 Å². The largest absolute Gasteiger partial charge is 0.353 e. The molecule has 1 N–H and O–H groups in total. The number of aromatic nitrogens is 3. The van der Waals surface area contributed by atoms with E-state index in [1.807, 2.05) is 16.8 Å². The lowest BCUT2D eigenvalue weighted by molar-refractivity contribution is 0.217. The second-order valence-electron chi connectivity index (χ2n) is 5.60. The molecule has 102 valence electrons. The first-order chi connectivity index (χ1) is 9.20. The Kier molecular flexibility index (Phi) is 3.38. The Morgan fingerprint density at radius 1 is 1.42 bits per heavy atom. The minimum atomic E-state index is 0.701. The summed E-state index contributed by atoms with van der Waals surface area (Å²) in [5.74, 6) is 1.44. The predicted octanol–water partition coefficient (Wildman–Crippen LogP) is 1.79. The topological polar surface area (TPSA) is 45.5 Å². The van der Waals surface area contributed by atoms with Crippen LogP contribution < -0.4 is 5.32 Å². The maximum absolute atomic E-state index is 4.48. The highest BCUT2D eigenvalue weighted by Gasteiger charge is 2.17. The van der Waals surface area contributed by atoms with E-state index in [2.05, 4.69) is 40.3 Å². The van der Waals surface area contributed by atoms with Crippen molar-refractivity contribution in [2.75, 3.05) is 32.0 Å². The number of anilines is 1. The van der Waals surface area contributed by atoms with Crippen molar-refractivity contribution in [1.29, 1.82) is 0 Å². The number of nitrogens with zero attached hydrogens (tertiary/aromatic N) is 4. The molecule has 0 radical (unpaired) electrons. The van der Waals surface area contributed by atoms with E-state index in [0.29, 0.717) is 5.92 Å². The number of piperidine rings is 1. The number of nitrogens with one attached hydrogen (secondary N) is 1. The Morgan fingerprint density at radius 3 is 3.16 bits per heavy atom. The molecule has 1 atom stereocenters. The molecule has 19 heavy (non-hydrogen) atoms. The first-order valence-corrected chi connectivity index (χ1v) is 6.96. The maximum atomic E-state index is 4.48. The molecule has 1 aliphatic heterocycles. The fourth-order valence-corrected chi connectivity index (χ4v) is 2.74. The molecular weight excluding hydrogens is 238 g/mol. The Hall–Kier alpha value is -1.62. The molecule has 0 spiro atoms. The van der Waals surface area contributed by atoms with E-state index >= 15 is 0 Å². The summed E-state index contributed by atoms with van der Waals surface area (Å²) in [5.41, 5.74) is 2.09. The second-order valence-corrected chi connectivity index (χ2v) is 5.60. The van der Waals surface area contributed by atoms with Crippen LogP contribution in [0.3, 0.4) is 0 Å². The van der Waals surface area contributed by atoms with Crippen LogP contribution in [-0.4, -0.2) is 46.2 Å². The van der Waals surface area contributed by atoms with Crippen molar-refractivity contribution in [3.8, 4) is 0 Å². The SMILES string of the molecule is Cc1ccc2nc(NCC3CCCN(C)C3)nn2c1. The van der Waals surface area contributed by atoms with Crippen LogP contribution in [0.5, 0.6) is 0 Å². The van der Waals surface area contributed by atoms with Gasteiger partial charge in [0.2, 0.25) is 5.95 Å². The second kappa shape index (κ2) is 5.17. The van der Waals surface area contributed by atoms with Gasteiger partial charge in [0.15, 0.2) is 5.65 Å². The summed E-state index contributed by atoms with van der Waals surface area (Å²) in [6, 6.07) is 4.06. The van der Waals surface area contributed by atoms with Gasteiger partial charge in [-0.3, -0.25) is 0 Å².